The number of pyridine rings is 2. The fourth-order valence-corrected chi connectivity index (χ4v) is 6.70. The molecule has 2 aliphatic heterocycles. The van der Waals surface area contributed by atoms with Crippen LogP contribution in [0.15, 0.2) is 91.3 Å². The first kappa shape index (κ1) is 49.8. The zero-order chi connectivity index (χ0) is 41.7. The fourth-order valence-electron chi connectivity index (χ4n) is 6.70. The van der Waals surface area contributed by atoms with Crippen LogP contribution in [0.25, 0.3) is 40.3 Å². The first-order valence-electron chi connectivity index (χ1n) is 19.8. The molecule has 0 amide bonds. The summed E-state index contributed by atoms with van der Waals surface area (Å²) < 4.78 is 0. The van der Waals surface area contributed by atoms with Crippen molar-refractivity contribution in [3.8, 4) is 0 Å². The van der Waals surface area contributed by atoms with E-state index in [1.165, 1.54) is 30.8 Å². The zero-order valence-electron chi connectivity index (χ0n) is 34.4. The number of allylic oxidation sites excluding steroid dienone is 3. The van der Waals surface area contributed by atoms with Crippen molar-refractivity contribution in [2.75, 3.05) is 76.3 Å². The van der Waals surface area contributed by atoms with Gasteiger partial charge >= 0.3 is 0 Å². The van der Waals surface area contributed by atoms with Gasteiger partial charge in [0, 0.05) is 64.8 Å². The molecule has 0 spiro atoms. The van der Waals surface area contributed by atoms with Crippen molar-refractivity contribution < 1.29 is 14.4 Å². The molecule has 0 atom stereocenters. The number of nitrogens with one attached hydrogen (secondary N) is 2. The summed E-state index contributed by atoms with van der Waals surface area (Å²) in [6.45, 7) is 13.6. The number of carbonyl (C=O) groups excluding carboxylic acids is 3. The van der Waals surface area contributed by atoms with Gasteiger partial charge in [-0.25, -0.2) is 9.97 Å². The Morgan fingerprint density at radius 2 is 1.02 bits per heavy atom. The second-order valence-electron chi connectivity index (χ2n) is 14.7. The van der Waals surface area contributed by atoms with Crippen molar-refractivity contribution in [2.24, 2.45) is 0 Å². The Hall–Kier alpha value is -6.57. The predicted molar refractivity (Wildman–Crippen MR) is 258 cm³/mol. The SMILES string of the molecule is C.C.C.CC(=O)/C=C/c1nc2c(N3CCN(C)CC3)cccc2[nH]1.Cc1cccnc1/C=C/C(=O)/C=C/c1nc2c(N3CCN(C)CC3)cccc2[nH]1.Cc1cccnc1C=O. The molecule has 0 saturated carbocycles. The maximum Gasteiger partial charge on any atom is 0.178 e. The summed E-state index contributed by atoms with van der Waals surface area (Å²) in [5.41, 5.74) is 9.51. The minimum Gasteiger partial charge on any atom is -0.367 e. The van der Waals surface area contributed by atoms with Gasteiger partial charge in [0.1, 0.15) is 28.4 Å². The number of para-hydroxylation sites is 2. The standard InChI is InChI=1S/C23H25N5O.C16H20N4O.C7H7NO.3CH4/c1-17-5-4-12-24-19(17)10-8-18(29)9-11-22-25-20-6-3-7-21(23(20)26-22)28-15-13-27(2)14-16-28;1-12(21)6-7-15-17-13-4-3-5-14(16(13)18-15)20-10-8-19(2)9-11-20;1-6-3-2-4-8-7(6)5-9;;;/h3-12H,13-16H2,1-2H3,(H,25,26);3-7H,8-11H2,1-2H3,(H,17,18);2-5H,1H3;3*1H4/b10-8+,11-9+;7-6+;;;;. The van der Waals surface area contributed by atoms with Crippen LogP contribution in [-0.4, -0.2) is 124 Å². The van der Waals surface area contributed by atoms with Crippen LogP contribution in [0.2, 0.25) is 0 Å². The average molecular weight is 841 g/mol. The molecule has 4 aromatic heterocycles. The molecule has 8 rings (SSSR count). The Morgan fingerprint density at radius 1 is 0.581 bits per heavy atom. The maximum atomic E-state index is 12.2. The summed E-state index contributed by atoms with van der Waals surface area (Å²) in [4.78, 5) is 66.8. The summed E-state index contributed by atoms with van der Waals surface area (Å²) >= 11 is 0. The molecule has 0 unspecified atom stereocenters. The van der Waals surface area contributed by atoms with E-state index in [4.69, 9.17) is 4.98 Å². The Balaban J connectivity index is 0.000000272. The lowest BCUT2D eigenvalue weighted by molar-refractivity contribution is -0.112. The van der Waals surface area contributed by atoms with E-state index in [2.05, 4.69) is 70.7 Å². The van der Waals surface area contributed by atoms with E-state index in [-0.39, 0.29) is 33.8 Å². The molecular weight excluding hydrogens is 777 g/mol. The molecular formula is C49H64N10O3. The van der Waals surface area contributed by atoms with Crippen LogP contribution in [0, 0.1) is 13.8 Å². The number of piperazine rings is 2. The number of aromatic nitrogens is 6. The highest BCUT2D eigenvalue weighted by Crippen LogP contribution is 2.27. The average Bonchev–Trinajstić information content (AvgIpc) is 3.87. The van der Waals surface area contributed by atoms with Gasteiger partial charge in [0.2, 0.25) is 0 Å². The van der Waals surface area contributed by atoms with Crippen molar-refractivity contribution in [1.29, 1.82) is 0 Å². The summed E-state index contributed by atoms with van der Waals surface area (Å²) in [6.07, 6.45) is 13.9. The van der Waals surface area contributed by atoms with Gasteiger partial charge in [0.15, 0.2) is 17.9 Å². The number of nitrogens with zero attached hydrogens (tertiary/aromatic N) is 8. The number of likely N-dealkylation sites (N-methyl/N-ethyl adjacent to an activating group) is 2. The first-order chi connectivity index (χ1) is 28.6. The number of ketones is 2. The summed E-state index contributed by atoms with van der Waals surface area (Å²) in [7, 11) is 4.30. The van der Waals surface area contributed by atoms with E-state index in [0.717, 1.165) is 109 Å². The lowest BCUT2D eigenvalue weighted by Crippen LogP contribution is -2.44. The predicted octanol–water partition coefficient (Wildman–Crippen LogP) is 8.34. The van der Waals surface area contributed by atoms with Crippen LogP contribution in [0.1, 0.15) is 68.2 Å². The van der Waals surface area contributed by atoms with E-state index in [1.807, 2.05) is 62.4 Å². The number of benzene rings is 2. The number of carbonyl (C=O) groups is 3. The number of aromatic amines is 2. The highest BCUT2D eigenvalue weighted by Gasteiger charge is 2.19. The number of H-pyrrole nitrogens is 2. The molecule has 0 radical (unpaired) electrons. The second kappa shape index (κ2) is 24.0. The van der Waals surface area contributed by atoms with Crippen LogP contribution in [0.3, 0.4) is 0 Å². The minimum atomic E-state index is -0.102. The molecule has 2 saturated heterocycles. The molecule has 328 valence electrons. The Labute approximate surface area is 367 Å². The molecule has 13 heteroatoms. The molecule has 2 N–H and O–H groups in total. The Bertz CT molecular complexity index is 2470. The third kappa shape index (κ3) is 13.5. The molecule has 62 heavy (non-hydrogen) atoms. The Morgan fingerprint density at radius 3 is 1.44 bits per heavy atom. The van der Waals surface area contributed by atoms with E-state index < -0.39 is 0 Å². The topological polar surface area (TPSA) is 147 Å². The van der Waals surface area contributed by atoms with E-state index >= 15 is 0 Å². The largest absolute Gasteiger partial charge is 0.367 e. The smallest absolute Gasteiger partial charge is 0.178 e. The van der Waals surface area contributed by atoms with Gasteiger partial charge < -0.3 is 29.6 Å². The summed E-state index contributed by atoms with van der Waals surface area (Å²) in [5, 5.41) is 0. The van der Waals surface area contributed by atoms with Crippen LogP contribution >= 0.6 is 0 Å². The number of aldehydes is 1. The number of rotatable bonds is 9. The van der Waals surface area contributed by atoms with Crippen molar-refractivity contribution in [3.63, 3.8) is 0 Å². The third-order valence-corrected chi connectivity index (χ3v) is 10.2. The van der Waals surface area contributed by atoms with Gasteiger partial charge in [0.25, 0.3) is 0 Å². The number of imidazole rings is 2. The van der Waals surface area contributed by atoms with Crippen molar-refractivity contribution in [1.82, 2.24) is 39.7 Å². The number of hydrogen-bond donors (Lipinski definition) is 2. The van der Waals surface area contributed by atoms with E-state index in [1.54, 1.807) is 30.6 Å². The van der Waals surface area contributed by atoms with Crippen molar-refractivity contribution in [2.45, 2.75) is 43.1 Å². The van der Waals surface area contributed by atoms with Gasteiger partial charge in [0.05, 0.1) is 28.1 Å². The highest BCUT2D eigenvalue weighted by molar-refractivity contribution is 6.04. The summed E-state index contributed by atoms with van der Waals surface area (Å²) in [6, 6.07) is 19.9. The van der Waals surface area contributed by atoms with Gasteiger partial charge in [-0.2, -0.15) is 0 Å². The lowest BCUT2D eigenvalue weighted by Gasteiger charge is -2.34. The third-order valence-electron chi connectivity index (χ3n) is 10.2. The number of fused-ring (bicyclic) bond motifs is 2. The number of hydrogen-bond acceptors (Lipinski definition) is 11. The Kier molecular flexibility index (Phi) is 19.3. The van der Waals surface area contributed by atoms with Gasteiger partial charge in [-0.1, -0.05) is 46.5 Å². The quantitative estimate of drug-likeness (QED) is 0.107. The molecule has 2 aromatic carbocycles. The number of aryl methyl sites for hydroxylation is 2. The first-order valence-corrected chi connectivity index (χ1v) is 19.8. The molecule has 13 nitrogen and oxygen atoms in total. The van der Waals surface area contributed by atoms with Gasteiger partial charge in [-0.3, -0.25) is 24.4 Å². The lowest BCUT2D eigenvalue weighted by atomic mass is 10.2. The summed E-state index contributed by atoms with van der Waals surface area (Å²) in [5.74, 6) is 1.32. The van der Waals surface area contributed by atoms with Crippen LogP contribution in [0.4, 0.5) is 11.4 Å². The van der Waals surface area contributed by atoms with Gasteiger partial charge in [-0.05, 0) is 119 Å². The van der Waals surface area contributed by atoms with E-state index in [0.29, 0.717) is 11.5 Å². The van der Waals surface area contributed by atoms with Crippen LogP contribution < -0.4 is 9.80 Å². The van der Waals surface area contributed by atoms with Crippen molar-refractivity contribution >= 4 is 69.5 Å². The fraction of sp³-hybridized carbons (Fsp3) is 0.327. The zero-order valence-corrected chi connectivity index (χ0v) is 34.4. The second-order valence-corrected chi connectivity index (χ2v) is 14.7. The van der Waals surface area contributed by atoms with Crippen LogP contribution in [0.5, 0.6) is 0 Å². The minimum absolute atomic E-state index is 0. The molecule has 6 aromatic rings. The van der Waals surface area contributed by atoms with Gasteiger partial charge in [-0.15, -0.1) is 0 Å². The van der Waals surface area contributed by atoms with Crippen LogP contribution in [-0.2, 0) is 9.59 Å². The highest BCUT2D eigenvalue weighted by atomic mass is 16.1. The maximum absolute atomic E-state index is 12.2. The number of anilines is 2. The molecule has 2 aliphatic rings. The molecule has 6 heterocycles. The normalized spacial score (nSPS) is 14.4. The molecule has 0 aliphatic carbocycles. The van der Waals surface area contributed by atoms with Crippen molar-refractivity contribution in [3.05, 3.63) is 125 Å². The van der Waals surface area contributed by atoms with E-state index in [9.17, 15) is 14.4 Å². The molecule has 0 bridgehead atoms. The monoisotopic (exact) mass is 841 g/mol. The molecule has 2 fully saturated rings.